The van der Waals surface area contributed by atoms with Crippen molar-refractivity contribution in [1.82, 2.24) is 5.32 Å². The van der Waals surface area contributed by atoms with E-state index in [0.29, 0.717) is 0 Å². The quantitative estimate of drug-likeness (QED) is 0.677. The molecule has 0 bridgehead atoms. The molecule has 1 aliphatic carbocycles. The predicted octanol–water partition coefficient (Wildman–Crippen LogP) is 2.96. The molecule has 1 saturated carbocycles. The lowest BCUT2D eigenvalue weighted by molar-refractivity contribution is 0.254. The van der Waals surface area contributed by atoms with E-state index >= 15 is 0 Å². The van der Waals surface area contributed by atoms with Crippen molar-refractivity contribution < 1.29 is 0 Å². The zero-order chi connectivity index (χ0) is 10.2. The van der Waals surface area contributed by atoms with Crippen LogP contribution in [0, 0.1) is 17.8 Å². The van der Waals surface area contributed by atoms with Crippen LogP contribution in [0.5, 0.6) is 0 Å². The maximum Gasteiger partial charge on any atom is 0.00955 e. The van der Waals surface area contributed by atoms with Crippen molar-refractivity contribution in [2.45, 2.75) is 58.4 Å². The van der Waals surface area contributed by atoms with Crippen molar-refractivity contribution in [2.24, 2.45) is 5.92 Å². The van der Waals surface area contributed by atoms with Gasteiger partial charge in [-0.2, -0.15) is 0 Å². The van der Waals surface area contributed by atoms with Gasteiger partial charge in [0.2, 0.25) is 0 Å². The lowest BCUT2D eigenvalue weighted by atomic mass is 9.82. The highest BCUT2D eigenvalue weighted by Crippen LogP contribution is 2.27. The van der Waals surface area contributed by atoms with Gasteiger partial charge < -0.3 is 5.32 Å². The maximum absolute atomic E-state index is 3.61. The van der Waals surface area contributed by atoms with Gasteiger partial charge in [-0.3, -0.25) is 0 Å². The number of hydrogen-bond acceptors (Lipinski definition) is 1. The summed E-state index contributed by atoms with van der Waals surface area (Å²) in [6.45, 7) is 5.25. The van der Waals surface area contributed by atoms with E-state index < -0.39 is 0 Å². The third-order valence-corrected chi connectivity index (χ3v) is 3.19. The van der Waals surface area contributed by atoms with Crippen molar-refractivity contribution in [3.63, 3.8) is 0 Å². The molecule has 0 aromatic rings. The molecular weight excluding hydrogens is 170 g/mol. The molecule has 0 aromatic heterocycles. The van der Waals surface area contributed by atoms with E-state index in [-0.39, 0.29) is 0 Å². The lowest BCUT2D eigenvalue weighted by Gasteiger charge is -2.31. The Morgan fingerprint density at radius 1 is 1.29 bits per heavy atom. The first-order valence-electron chi connectivity index (χ1n) is 6.01. The topological polar surface area (TPSA) is 12.0 Å². The van der Waals surface area contributed by atoms with Crippen molar-refractivity contribution in [3.05, 3.63) is 0 Å². The molecule has 0 aliphatic heterocycles. The number of hydrogen-bond donors (Lipinski definition) is 1. The van der Waals surface area contributed by atoms with Gasteiger partial charge in [0, 0.05) is 12.5 Å². The molecule has 0 aromatic carbocycles. The van der Waals surface area contributed by atoms with Gasteiger partial charge in [0.1, 0.15) is 0 Å². The van der Waals surface area contributed by atoms with Crippen LogP contribution in [-0.4, -0.2) is 12.6 Å². The van der Waals surface area contributed by atoms with Crippen LogP contribution in [0.25, 0.3) is 0 Å². The first-order valence-corrected chi connectivity index (χ1v) is 6.01. The summed E-state index contributed by atoms with van der Waals surface area (Å²) in [6, 6.07) is 0.771. The third kappa shape index (κ3) is 3.72. The summed E-state index contributed by atoms with van der Waals surface area (Å²) in [6.07, 6.45) is 7.99. The minimum atomic E-state index is 0.771. The molecule has 14 heavy (non-hydrogen) atoms. The summed E-state index contributed by atoms with van der Waals surface area (Å²) in [5.41, 5.74) is 0. The van der Waals surface area contributed by atoms with Crippen LogP contribution in [-0.2, 0) is 0 Å². The summed E-state index contributed by atoms with van der Waals surface area (Å²) in [7, 11) is 0. The molecule has 1 fully saturated rings. The average molecular weight is 193 g/mol. The van der Waals surface area contributed by atoms with Gasteiger partial charge in [0.05, 0.1) is 0 Å². The minimum Gasteiger partial charge on any atom is -0.314 e. The Balaban J connectivity index is 2.32. The molecule has 1 aliphatic rings. The summed E-state index contributed by atoms with van der Waals surface area (Å²) >= 11 is 0. The first-order chi connectivity index (χ1) is 6.88. The first kappa shape index (κ1) is 11.6. The van der Waals surface area contributed by atoms with E-state index in [1.54, 1.807) is 0 Å². The fourth-order valence-corrected chi connectivity index (χ4v) is 2.47. The maximum atomic E-state index is 3.61. The fraction of sp³-hybridized carbons (Fsp3) is 0.846. The fourth-order valence-electron chi connectivity index (χ4n) is 2.47. The van der Waals surface area contributed by atoms with Gasteiger partial charge in [-0.1, -0.05) is 19.8 Å². The van der Waals surface area contributed by atoms with Crippen molar-refractivity contribution >= 4 is 0 Å². The lowest BCUT2D eigenvalue weighted by Crippen LogP contribution is -2.38. The van der Waals surface area contributed by atoms with Crippen LogP contribution in [0.2, 0.25) is 0 Å². The molecule has 2 atom stereocenters. The van der Waals surface area contributed by atoms with Crippen LogP contribution in [0.15, 0.2) is 0 Å². The molecule has 1 heteroatoms. The summed E-state index contributed by atoms with van der Waals surface area (Å²) in [5.74, 6) is 7.04. The molecule has 1 nitrogen and oxygen atoms in total. The van der Waals surface area contributed by atoms with E-state index in [2.05, 4.69) is 24.1 Å². The van der Waals surface area contributed by atoms with E-state index in [0.717, 1.165) is 24.9 Å². The molecule has 0 saturated heterocycles. The van der Waals surface area contributed by atoms with Crippen LogP contribution in [0.4, 0.5) is 0 Å². The van der Waals surface area contributed by atoms with Gasteiger partial charge in [0.25, 0.3) is 0 Å². The molecule has 0 amide bonds. The average Bonchev–Trinajstić information content (AvgIpc) is 2.21. The highest BCUT2D eigenvalue weighted by Gasteiger charge is 2.23. The van der Waals surface area contributed by atoms with Crippen LogP contribution in [0.3, 0.4) is 0 Å². The Kier molecular flexibility index (Phi) is 5.71. The Labute approximate surface area is 88.7 Å². The Bertz CT molecular complexity index is 197. The highest BCUT2D eigenvalue weighted by atomic mass is 14.9. The summed E-state index contributed by atoms with van der Waals surface area (Å²) in [4.78, 5) is 0. The number of nitrogens with one attached hydrogen (secondary N) is 1. The molecule has 1 rings (SSSR count). The van der Waals surface area contributed by atoms with E-state index in [9.17, 15) is 0 Å². The smallest absolute Gasteiger partial charge is 0.00955 e. The molecule has 1 N–H and O–H groups in total. The van der Waals surface area contributed by atoms with Gasteiger partial charge in [-0.25, -0.2) is 0 Å². The second kappa shape index (κ2) is 6.90. The van der Waals surface area contributed by atoms with Gasteiger partial charge in [0.15, 0.2) is 0 Å². The highest BCUT2D eigenvalue weighted by molar-refractivity contribution is 4.96. The van der Waals surface area contributed by atoms with Crippen LogP contribution < -0.4 is 5.32 Å². The summed E-state index contributed by atoms with van der Waals surface area (Å²) in [5, 5.41) is 3.61. The zero-order valence-corrected chi connectivity index (χ0v) is 9.60. The number of rotatable bonds is 4. The van der Waals surface area contributed by atoms with Crippen molar-refractivity contribution in [3.8, 4) is 11.8 Å². The Morgan fingerprint density at radius 2 is 2.07 bits per heavy atom. The zero-order valence-electron chi connectivity index (χ0n) is 9.60. The Morgan fingerprint density at radius 3 is 2.79 bits per heavy atom. The molecule has 0 spiro atoms. The second-order valence-electron chi connectivity index (χ2n) is 4.17. The van der Waals surface area contributed by atoms with Crippen molar-refractivity contribution in [2.75, 3.05) is 6.54 Å². The molecule has 0 radical (unpaired) electrons. The van der Waals surface area contributed by atoms with E-state index in [4.69, 9.17) is 0 Å². The third-order valence-electron chi connectivity index (χ3n) is 3.19. The van der Waals surface area contributed by atoms with Crippen LogP contribution >= 0.6 is 0 Å². The molecule has 80 valence electrons. The van der Waals surface area contributed by atoms with Gasteiger partial charge in [-0.15, -0.1) is 11.8 Å². The Hall–Kier alpha value is -0.480. The monoisotopic (exact) mass is 193 g/mol. The van der Waals surface area contributed by atoms with Gasteiger partial charge >= 0.3 is 0 Å². The molecular formula is C13H23N. The normalized spacial score (nSPS) is 26.7. The standard InChI is InChI=1S/C13H23N/c1-3-5-6-9-12-10-7-8-11-13(12)14-4-2/h12-14H,4,6-11H2,1-2H3. The van der Waals surface area contributed by atoms with Crippen LogP contribution in [0.1, 0.15) is 52.4 Å². The minimum absolute atomic E-state index is 0.771. The van der Waals surface area contributed by atoms with Gasteiger partial charge in [-0.05, 0) is 38.6 Å². The van der Waals surface area contributed by atoms with E-state index in [1.807, 2.05) is 6.92 Å². The second-order valence-corrected chi connectivity index (χ2v) is 4.17. The summed E-state index contributed by atoms with van der Waals surface area (Å²) < 4.78 is 0. The SMILES string of the molecule is CC#CCCC1CCCCC1NCC. The van der Waals surface area contributed by atoms with E-state index in [1.165, 1.54) is 32.1 Å². The molecule has 2 unspecified atom stereocenters. The molecule has 0 heterocycles. The largest absolute Gasteiger partial charge is 0.314 e. The predicted molar refractivity (Wildman–Crippen MR) is 62.1 cm³/mol. The van der Waals surface area contributed by atoms with Crippen molar-refractivity contribution in [1.29, 1.82) is 0 Å².